The minimum atomic E-state index is -1.24. The second kappa shape index (κ2) is 8.26. The van der Waals surface area contributed by atoms with Crippen LogP contribution in [0.1, 0.15) is 0 Å². The predicted octanol–water partition coefficient (Wildman–Crippen LogP) is 4.45. The summed E-state index contributed by atoms with van der Waals surface area (Å²) < 4.78 is 0. The third-order valence-corrected chi connectivity index (χ3v) is 7.38. The maximum atomic E-state index is 3.63. The van der Waals surface area contributed by atoms with Crippen LogP contribution in [0.5, 0.6) is 0 Å². The van der Waals surface area contributed by atoms with E-state index in [-0.39, 0.29) is 21.1 Å². The van der Waals surface area contributed by atoms with Gasteiger partial charge >= 0.3 is 21.1 Å². The Morgan fingerprint density at radius 3 is 1.50 bits per heavy atom. The summed E-state index contributed by atoms with van der Waals surface area (Å²) in [6, 6.07) is 20.0. The summed E-state index contributed by atoms with van der Waals surface area (Å²) in [5, 5.41) is 0. The van der Waals surface area contributed by atoms with Crippen LogP contribution in [0, 0.1) is 25.5 Å². The van der Waals surface area contributed by atoms with Crippen molar-refractivity contribution in [3.63, 3.8) is 0 Å². The van der Waals surface area contributed by atoms with Gasteiger partial charge in [-0.1, -0.05) is 0 Å². The molecule has 0 bridgehead atoms. The SMILES string of the molecule is CN1C=CN(c2[c-]c(S(C)(C)c3[c-]c(N4C=CN(C)[CH-]4)ccc3)ccc2)[CH-]1.[Pt+4]. The molecule has 0 spiro atoms. The Balaban J connectivity index is 0.00000225. The first-order valence-electron chi connectivity index (χ1n) is 8.79. The molecule has 2 aliphatic heterocycles. The summed E-state index contributed by atoms with van der Waals surface area (Å²) in [4.78, 5) is 10.7. The molecule has 148 valence electrons. The summed E-state index contributed by atoms with van der Waals surface area (Å²) in [5.74, 6) is 0. The first-order chi connectivity index (χ1) is 12.9. The van der Waals surface area contributed by atoms with Crippen molar-refractivity contribution in [3.05, 3.63) is 86.7 Å². The summed E-state index contributed by atoms with van der Waals surface area (Å²) >= 11 is 0. The quantitative estimate of drug-likeness (QED) is 0.503. The monoisotopic (exact) mass is 571 g/mol. The van der Waals surface area contributed by atoms with Crippen molar-refractivity contribution in [1.82, 2.24) is 9.80 Å². The number of hydrogen-bond acceptors (Lipinski definition) is 4. The molecular formula is C22H24N4PtS. The Morgan fingerprint density at radius 1 is 0.714 bits per heavy atom. The van der Waals surface area contributed by atoms with Gasteiger partial charge in [-0.3, -0.25) is 0 Å². The molecule has 0 fully saturated rings. The van der Waals surface area contributed by atoms with E-state index in [1.807, 2.05) is 36.3 Å². The Labute approximate surface area is 184 Å². The van der Waals surface area contributed by atoms with E-state index in [0.29, 0.717) is 0 Å². The molecule has 4 rings (SSSR count). The fourth-order valence-electron chi connectivity index (χ4n) is 3.07. The van der Waals surface area contributed by atoms with Gasteiger partial charge in [0.15, 0.2) is 0 Å². The van der Waals surface area contributed by atoms with Crippen molar-refractivity contribution in [2.24, 2.45) is 0 Å². The number of nitrogens with zero attached hydrogens (tertiary/aromatic N) is 4. The van der Waals surface area contributed by atoms with Crippen LogP contribution in [0.2, 0.25) is 0 Å². The third kappa shape index (κ3) is 4.11. The van der Waals surface area contributed by atoms with E-state index < -0.39 is 10.0 Å². The zero-order valence-corrected chi connectivity index (χ0v) is 19.5. The Morgan fingerprint density at radius 2 is 1.14 bits per heavy atom. The molecule has 0 aliphatic carbocycles. The van der Waals surface area contributed by atoms with Crippen LogP contribution in [0.3, 0.4) is 0 Å². The van der Waals surface area contributed by atoms with Crippen LogP contribution in [-0.2, 0) is 21.1 Å². The van der Waals surface area contributed by atoms with E-state index in [1.165, 1.54) is 9.79 Å². The van der Waals surface area contributed by atoms with Crippen LogP contribution < -0.4 is 9.80 Å². The average molecular weight is 572 g/mol. The molecule has 2 aliphatic rings. The van der Waals surface area contributed by atoms with Gasteiger partial charge in [0, 0.05) is 0 Å². The molecule has 0 N–H and O–H groups in total. The summed E-state index contributed by atoms with van der Waals surface area (Å²) in [6.07, 6.45) is 12.8. The van der Waals surface area contributed by atoms with Gasteiger partial charge in [0.1, 0.15) is 0 Å². The molecule has 28 heavy (non-hydrogen) atoms. The molecule has 0 aromatic heterocycles. The minimum absolute atomic E-state index is 0. The first kappa shape index (κ1) is 20.9. The van der Waals surface area contributed by atoms with E-state index in [9.17, 15) is 0 Å². The molecule has 0 amide bonds. The zero-order chi connectivity index (χ0) is 19.0. The molecule has 0 unspecified atom stereocenters. The van der Waals surface area contributed by atoms with Gasteiger partial charge in [-0.25, -0.2) is 10.0 Å². The van der Waals surface area contributed by atoms with E-state index in [1.54, 1.807) is 0 Å². The minimum Gasteiger partial charge on any atom is -0.510 e. The van der Waals surface area contributed by atoms with Crippen molar-refractivity contribution in [2.75, 3.05) is 36.4 Å². The number of anilines is 2. The van der Waals surface area contributed by atoms with Crippen molar-refractivity contribution < 1.29 is 21.1 Å². The van der Waals surface area contributed by atoms with Gasteiger partial charge in [0.2, 0.25) is 0 Å². The van der Waals surface area contributed by atoms with Gasteiger partial charge in [0.25, 0.3) is 0 Å². The van der Waals surface area contributed by atoms with Crippen LogP contribution in [0.25, 0.3) is 0 Å². The molecule has 6 heteroatoms. The smallest absolute Gasteiger partial charge is 0.510 e. The third-order valence-electron chi connectivity index (χ3n) is 4.70. The molecule has 2 heterocycles. The fourth-order valence-corrected chi connectivity index (χ4v) is 4.87. The predicted molar refractivity (Wildman–Crippen MR) is 114 cm³/mol. The van der Waals surface area contributed by atoms with Crippen molar-refractivity contribution in [2.45, 2.75) is 9.79 Å². The summed E-state index contributed by atoms with van der Waals surface area (Å²) in [6.45, 7) is 4.10. The molecule has 0 saturated carbocycles. The Kier molecular flexibility index (Phi) is 6.16. The summed E-state index contributed by atoms with van der Waals surface area (Å²) in [7, 11) is 2.81. The Hall–Kier alpha value is -1.84. The van der Waals surface area contributed by atoms with E-state index in [2.05, 4.69) is 96.6 Å². The maximum Gasteiger partial charge on any atom is 4.00 e. The number of rotatable bonds is 4. The second-order valence-corrected chi connectivity index (χ2v) is 10.6. The second-order valence-electron chi connectivity index (χ2n) is 7.10. The van der Waals surface area contributed by atoms with Crippen molar-refractivity contribution >= 4 is 21.4 Å². The number of benzene rings is 2. The van der Waals surface area contributed by atoms with Crippen molar-refractivity contribution in [1.29, 1.82) is 0 Å². The van der Waals surface area contributed by atoms with Crippen molar-refractivity contribution in [3.8, 4) is 0 Å². The van der Waals surface area contributed by atoms with Gasteiger partial charge in [-0.15, -0.1) is 33.3 Å². The normalized spacial score (nSPS) is 16.7. The average Bonchev–Trinajstić information content (AvgIpc) is 3.30. The topological polar surface area (TPSA) is 13.0 Å². The molecular weight excluding hydrogens is 547 g/mol. The maximum absolute atomic E-state index is 3.63. The van der Waals surface area contributed by atoms with E-state index >= 15 is 0 Å². The zero-order valence-electron chi connectivity index (χ0n) is 16.4. The van der Waals surface area contributed by atoms with Gasteiger partial charge in [0.05, 0.1) is 0 Å². The molecule has 0 radical (unpaired) electrons. The Bertz CT molecular complexity index is 824. The van der Waals surface area contributed by atoms with Gasteiger partial charge in [-0.2, -0.15) is 49.7 Å². The first-order valence-corrected chi connectivity index (χ1v) is 11.2. The number of hydrogen-bond donors (Lipinski definition) is 0. The molecule has 2 aromatic carbocycles. The van der Waals surface area contributed by atoms with Gasteiger partial charge in [-0.05, 0) is 51.4 Å². The molecule has 0 atom stereocenters. The fraction of sp³-hybridized carbons (Fsp3) is 0.182. The standard InChI is InChI=1S/C22H24N4S.Pt/c1-23-11-13-25(17-23)19-7-5-9-21(15-19)27(3,4)22-10-6-8-20(16-22)26-14-12-24(2)18-26;/h5-14,17-18H,1-4H3;/q-4;+4. The molecule has 4 nitrogen and oxygen atoms in total. The summed E-state index contributed by atoms with van der Waals surface area (Å²) in [5.41, 5.74) is 2.12. The van der Waals surface area contributed by atoms with E-state index in [0.717, 1.165) is 11.4 Å². The molecule has 2 aromatic rings. The van der Waals surface area contributed by atoms with E-state index in [4.69, 9.17) is 0 Å². The van der Waals surface area contributed by atoms with Gasteiger partial charge < -0.3 is 19.6 Å². The largest absolute Gasteiger partial charge is 4.00 e. The van der Waals surface area contributed by atoms with Crippen LogP contribution >= 0.6 is 10.0 Å². The van der Waals surface area contributed by atoms with Crippen LogP contribution in [-0.4, -0.2) is 36.4 Å². The molecule has 0 saturated heterocycles. The van der Waals surface area contributed by atoms with Crippen LogP contribution in [0.4, 0.5) is 11.4 Å². The van der Waals surface area contributed by atoms with Crippen LogP contribution in [0.15, 0.2) is 71.0 Å².